The third kappa shape index (κ3) is 4.03. The van der Waals surface area contributed by atoms with E-state index in [0.29, 0.717) is 10.7 Å². The molecule has 1 aliphatic rings. The molecule has 136 valence electrons. The first-order valence-corrected chi connectivity index (χ1v) is 10.6. The van der Waals surface area contributed by atoms with E-state index < -0.39 is 15.8 Å². The Morgan fingerprint density at radius 1 is 1.24 bits per heavy atom. The lowest BCUT2D eigenvalue weighted by molar-refractivity contribution is 0.562. The van der Waals surface area contributed by atoms with Gasteiger partial charge in [-0.3, -0.25) is 0 Å². The lowest BCUT2D eigenvalue weighted by Crippen LogP contribution is -2.20. The second kappa shape index (κ2) is 6.36. The molecule has 1 heterocycles. The monoisotopic (exact) mass is 382 g/mol. The third-order valence-electron chi connectivity index (χ3n) is 4.29. The van der Waals surface area contributed by atoms with Gasteiger partial charge in [-0.05, 0) is 55.4 Å². The molecule has 1 aliphatic carbocycles. The standard InChI is InChI=1S/C18H23FN2O2S2/c1-12-16(18(2,3)4)24-17(21(12)11-13-5-6-13)20-25(22,23)15-9-7-14(19)8-10-15/h7-10,13H,5-6,11H2,1-4H3/b20-17-. The van der Waals surface area contributed by atoms with Crippen molar-refractivity contribution in [2.75, 3.05) is 0 Å². The Hall–Kier alpha value is -1.47. The molecule has 7 heteroatoms. The Morgan fingerprint density at radius 2 is 1.84 bits per heavy atom. The molecule has 1 aromatic carbocycles. The van der Waals surface area contributed by atoms with Crippen molar-refractivity contribution in [3.63, 3.8) is 0 Å². The van der Waals surface area contributed by atoms with Gasteiger partial charge in [0.15, 0.2) is 0 Å². The molecule has 0 saturated heterocycles. The van der Waals surface area contributed by atoms with E-state index in [0.717, 1.165) is 29.2 Å². The van der Waals surface area contributed by atoms with Crippen LogP contribution in [0, 0.1) is 18.7 Å². The van der Waals surface area contributed by atoms with Crippen molar-refractivity contribution in [2.24, 2.45) is 10.3 Å². The van der Waals surface area contributed by atoms with Gasteiger partial charge in [-0.1, -0.05) is 20.8 Å². The summed E-state index contributed by atoms with van der Waals surface area (Å²) < 4.78 is 44.5. The first-order chi connectivity index (χ1) is 11.6. The van der Waals surface area contributed by atoms with Gasteiger partial charge in [0.25, 0.3) is 10.0 Å². The molecule has 4 nitrogen and oxygen atoms in total. The highest BCUT2D eigenvalue weighted by Crippen LogP contribution is 2.33. The fourth-order valence-corrected chi connectivity index (χ4v) is 5.19. The summed E-state index contributed by atoms with van der Waals surface area (Å²) in [4.78, 5) is 1.65. The average molecular weight is 383 g/mol. The normalized spacial score (nSPS) is 16.4. The van der Waals surface area contributed by atoms with Gasteiger partial charge in [-0.15, -0.1) is 15.7 Å². The molecule has 1 saturated carbocycles. The largest absolute Gasteiger partial charge is 0.320 e. The van der Waals surface area contributed by atoms with Crippen molar-refractivity contribution in [3.8, 4) is 0 Å². The highest BCUT2D eigenvalue weighted by atomic mass is 32.2. The van der Waals surface area contributed by atoms with Gasteiger partial charge in [0.1, 0.15) is 5.82 Å². The molecule has 3 rings (SSSR count). The maximum absolute atomic E-state index is 13.1. The quantitative estimate of drug-likeness (QED) is 0.803. The molecule has 0 spiro atoms. The summed E-state index contributed by atoms with van der Waals surface area (Å²) in [6.45, 7) is 9.18. The molecule has 0 aliphatic heterocycles. The number of sulfonamides is 1. The summed E-state index contributed by atoms with van der Waals surface area (Å²) >= 11 is 1.43. The number of benzene rings is 1. The highest BCUT2D eigenvalue weighted by Gasteiger charge is 2.27. The summed E-state index contributed by atoms with van der Waals surface area (Å²) in [7, 11) is -3.87. The molecular formula is C18H23FN2O2S2. The number of hydrogen-bond acceptors (Lipinski definition) is 3. The predicted octanol–water partition coefficient (Wildman–Crippen LogP) is 3.99. The van der Waals surface area contributed by atoms with Gasteiger partial charge in [0.05, 0.1) is 4.90 Å². The number of rotatable bonds is 4. The maximum atomic E-state index is 13.1. The average Bonchev–Trinajstić information content (AvgIpc) is 3.26. The highest BCUT2D eigenvalue weighted by molar-refractivity contribution is 7.90. The second-order valence-corrected chi connectivity index (χ2v) is 10.2. The van der Waals surface area contributed by atoms with Gasteiger partial charge in [-0.25, -0.2) is 4.39 Å². The van der Waals surface area contributed by atoms with Gasteiger partial charge in [0, 0.05) is 17.1 Å². The van der Waals surface area contributed by atoms with Crippen LogP contribution in [0.15, 0.2) is 33.6 Å². The van der Waals surface area contributed by atoms with Crippen LogP contribution in [0.4, 0.5) is 4.39 Å². The van der Waals surface area contributed by atoms with E-state index >= 15 is 0 Å². The summed E-state index contributed by atoms with van der Waals surface area (Å²) in [6, 6.07) is 4.79. The van der Waals surface area contributed by atoms with Crippen LogP contribution >= 0.6 is 11.3 Å². The molecule has 0 radical (unpaired) electrons. The van der Waals surface area contributed by atoms with Crippen LogP contribution in [0.5, 0.6) is 0 Å². The van der Waals surface area contributed by atoms with Gasteiger partial charge in [-0.2, -0.15) is 8.42 Å². The SMILES string of the molecule is Cc1c(C(C)(C)C)s/c(=N\S(=O)(=O)c2ccc(F)cc2)n1CC1CC1. The lowest BCUT2D eigenvalue weighted by atomic mass is 9.93. The van der Waals surface area contributed by atoms with Crippen molar-refractivity contribution in [3.05, 3.63) is 45.5 Å². The zero-order valence-electron chi connectivity index (χ0n) is 14.9. The minimum Gasteiger partial charge on any atom is -0.320 e. The summed E-state index contributed by atoms with van der Waals surface area (Å²) in [5, 5.41) is 0. The summed E-state index contributed by atoms with van der Waals surface area (Å²) in [6.07, 6.45) is 2.36. The number of hydrogen-bond donors (Lipinski definition) is 0. The van der Waals surface area contributed by atoms with Crippen LogP contribution in [0.3, 0.4) is 0 Å². The number of aromatic nitrogens is 1. The Balaban J connectivity index is 2.14. The second-order valence-electron chi connectivity index (χ2n) is 7.62. The van der Waals surface area contributed by atoms with Crippen LogP contribution < -0.4 is 4.80 Å². The Labute approximate surface area is 152 Å². The molecule has 0 amide bonds. The van der Waals surface area contributed by atoms with E-state index in [1.807, 2.05) is 11.5 Å². The smallest absolute Gasteiger partial charge is 0.285 e. The predicted molar refractivity (Wildman–Crippen MR) is 97.6 cm³/mol. The Bertz CT molecular complexity index is 944. The number of nitrogens with zero attached hydrogens (tertiary/aromatic N) is 2. The van der Waals surface area contributed by atoms with E-state index in [-0.39, 0.29) is 10.3 Å². The Morgan fingerprint density at radius 3 is 2.36 bits per heavy atom. The zero-order chi connectivity index (χ0) is 18.4. The topological polar surface area (TPSA) is 51.4 Å². The van der Waals surface area contributed by atoms with Gasteiger partial charge >= 0.3 is 0 Å². The van der Waals surface area contributed by atoms with Crippen molar-refractivity contribution in [1.29, 1.82) is 0 Å². The van der Waals surface area contributed by atoms with Crippen molar-refractivity contribution in [1.82, 2.24) is 4.57 Å². The molecule has 1 aromatic heterocycles. The molecule has 0 atom stereocenters. The van der Waals surface area contributed by atoms with Crippen LogP contribution in [0.1, 0.15) is 44.2 Å². The molecule has 0 unspecified atom stereocenters. The fraction of sp³-hybridized carbons (Fsp3) is 0.500. The lowest BCUT2D eigenvalue weighted by Gasteiger charge is -2.17. The van der Waals surface area contributed by atoms with E-state index in [2.05, 4.69) is 25.2 Å². The first-order valence-electron chi connectivity index (χ1n) is 8.35. The molecular weight excluding hydrogens is 359 g/mol. The molecule has 25 heavy (non-hydrogen) atoms. The van der Waals surface area contributed by atoms with Crippen LogP contribution in [0.2, 0.25) is 0 Å². The number of halogens is 1. The minimum atomic E-state index is -3.87. The first kappa shape index (κ1) is 18.3. The van der Waals surface area contributed by atoms with Crippen LogP contribution in [-0.4, -0.2) is 13.0 Å². The number of thiazole rings is 1. The minimum absolute atomic E-state index is 0.00948. The van der Waals surface area contributed by atoms with Crippen LogP contribution in [-0.2, 0) is 22.0 Å². The molecule has 0 bridgehead atoms. The zero-order valence-corrected chi connectivity index (χ0v) is 16.5. The van der Waals surface area contributed by atoms with E-state index in [1.54, 1.807) is 0 Å². The van der Waals surface area contributed by atoms with E-state index in [9.17, 15) is 12.8 Å². The van der Waals surface area contributed by atoms with Crippen molar-refractivity contribution >= 4 is 21.4 Å². The van der Waals surface area contributed by atoms with Gasteiger partial charge < -0.3 is 4.57 Å². The van der Waals surface area contributed by atoms with E-state index in [4.69, 9.17) is 0 Å². The summed E-state index contributed by atoms with van der Waals surface area (Å²) in [5.41, 5.74) is 1.01. The molecule has 1 fully saturated rings. The van der Waals surface area contributed by atoms with Gasteiger partial charge in [0.2, 0.25) is 4.80 Å². The van der Waals surface area contributed by atoms with Crippen LogP contribution in [0.25, 0.3) is 0 Å². The van der Waals surface area contributed by atoms with Crippen molar-refractivity contribution < 1.29 is 12.8 Å². The summed E-state index contributed by atoms with van der Waals surface area (Å²) in [5.74, 6) is 0.137. The maximum Gasteiger partial charge on any atom is 0.285 e. The third-order valence-corrected chi connectivity index (χ3v) is 7.29. The molecule has 2 aromatic rings. The molecule has 0 N–H and O–H groups in total. The van der Waals surface area contributed by atoms with Crippen molar-refractivity contribution in [2.45, 2.75) is 57.4 Å². The fourth-order valence-electron chi connectivity index (χ4n) is 2.79. The van der Waals surface area contributed by atoms with E-state index in [1.165, 1.54) is 36.3 Å². The Kier molecular flexibility index (Phi) is 4.66.